The van der Waals surface area contributed by atoms with Crippen LogP contribution in [0.5, 0.6) is 0 Å². The molecule has 1 aliphatic carbocycles. The maximum Gasteiger partial charge on any atom is 0.407 e. The number of likely N-dealkylation sites (tertiary alicyclic amines) is 1. The van der Waals surface area contributed by atoms with Crippen LogP contribution in [0.2, 0.25) is 0 Å². The number of aromatic nitrogens is 2. The molecule has 0 bridgehead atoms. The van der Waals surface area contributed by atoms with E-state index in [4.69, 9.17) is 4.98 Å². The number of para-hydroxylation sites is 1. The second-order valence-electron chi connectivity index (χ2n) is 9.46. The fourth-order valence-electron chi connectivity index (χ4n) is 5.24. The molecule has 5 rings (SSSR count). The molecule has 8 nitrogen and oxygen atoms in total. The van der Waals surface area contributed by atoms with E-state index >= 15 is 0 Å². The number of Topliss-reactive ketones (excluding diaryl/α,β-unsaturated/α-hetero) is 1. The summed E-state index contributed by atoms with van der Waals surface area (Å²) in [5.74, 6) is 0.732. The van der Waals surface area contributed by atoms with Gasteiger partial charge < -0.3 is 19.5 Å². The molecule has 0 atom stereocenters. The van der Waals surface area contributed by atoms with Crippen molar-refractivity contribution in [2.45, 2.75) is 58.0 Å². The van der Waals surface area contributed by atoms with Crippen LogP contribution in [0.1, 0.15) is 49.5 Å². The van der Waals surface area contributed by atoms with Crippen LogP contribution in [0.15, 0.2) is 24.3 Å². The molecule has 0 unspecified atom stereocenters. The molecule has 1 aromatic carbocycles. The van der Waals surface area contributed by atoms with Crippen molar-refractivity contribution in [1.82, 2.24) is 14.5 Å². The van der Waals surface area contributed by atoms with Crippen molar-refractivity contribution < 1.29 is 19.5 Å². The number of benzene rings is 1. The summed E-state index contributed by atoms with van der Waals surface area (Å²) < 4.78 is 2.03. The number of imidazole rings is 1. The molecule has 2 amide bonds. The number of anilines is 1. The smallest absolute Gasteiger partial charge is 0.407 e. The van der Waals surface area contributed by atoms with Crippen LogP contribution >= 0.6 is 0 Å². The number of nitrogens with zero attached hydrogens (tertiary/aromatic N) is 4. The fraction of sp³-hybridized carbons (Fsp3) is 0.500. The molecule has 1 aromatic heterocycles. The second-order valence-corrected chi connectivity index (χ2v) is 9.46. The number of amides is 2. The number of ketones is 1. The van der Waals surface area contributed by atoms with E-state index in [1.165, 1.54) is 4.90 Å². The van der Waals surface area contributed by atoms with Gasteiger partial charge in [-0.15, -0.1) is 0 Å². The lowest BCUT2D eigenvalue weighted by atomic mass is 9.75. The van der Waals surface area contributed by atoms with Crippen molar-refractivity contribution in [2.24, 2.45) is 5.92 Å². The maximum atomic E-state index is 13.6. The monoisotopic (exact) mass is 436 g/mol. The average Bonchev–Trinajstić information content (AvgIpc) is 3.20. The van der Waals surface area contributed by atoms with E-state index in [0.29, 0.717) is 0 Å². The Balaban J connectivity index is 1.51. The zero-order valence-electron chi connectivity index (χ0n) is 18.5. The first-order valence-electron chi connectivity index (χ1n) is 11.3. The molecule has 32 heavy (non-hydrogen) atoms. The Hall–Kier alpha value is -3.16. The molecular formula is C24H28N4O4. The van der Waals surface area contributed by atoms with Crippen molar-refractivity contribution in [3.63, 3.8) is 0 Å². The van der Waals surface area contributed by atoms with E-state index in [1.807, 2.05) is 42.7 Å². The number of hydrogen-bond acceptors (Lipinski definition) is 4. The van der Waals surface area contributed by atoms with E-state index in [1.54, 1.807) is 4.90 Å². The van der Waals surface area contributed by atoms with Gasteiger partial charge in [0.15, 0.2) is 5.78 Å². The zero-order valence-corrected chi connectivity index (χ0v) is 18.5. The molecule has 0 radical (unpaired) electrons. The third kappa shape index (κ3) is 3.04. The summed E-state index contributed by atoms with van der Waals surface area (Å²) in [6.07, 6.45) is 2.95. The first-order chi connectivity index (χ1) is 15.3. The van der Waals surface area contributed by atoms with E-state index in [-0.39, 0.29) is 43.8 Å². The highest BCUT2D eigenvalue weighted by Crippen LogP contribution is 2.47. The molecule has 3 aliphatic rings. The summed E-state index contributed by atoms with van der Waals surface area (Å²) in [6.45, 7) is 4.71. The van der Waals surface area contributed by atoms with E-state index in [2.05, 4.69) is 0 Å². The molecule has 3 heterocycles. The average molecular weight is 437 g/mol. The number of aryl methyl sites for hydroxylation is 1. The van der Waals surface area contributed by atoms with Crippen LogP contribution in [0.4, 0.5) is 10.5 Å². The highest BCUT2D eigenvalue weighted by molar-refractivity contribution is 6.09. The van der Waals surface area contributed by atoms with E-state index in [9.17, 15) is 19.5 Å². The number of carbonyl (C=O) groups excluding carboxylic acids is 2. The van der Waals surface area contributed by atoms with Crippen LogP contribution in [0.25, 0.3) is 0 Å². The molecule has 168 valence electrons. The molecular weight excluding hydrogens is 408 g/mol. The van der Waals surface area contributed by atoms with Gasteiger partial charge in [-0.2, -0.15) is 0 Å². The summed E-state index contributed by atoms with van der Waals surface area (Å²) in [7, 11) is 0. The molecule has 1 fully saturated rings. The summed E-state index contributed by atoms with van der Waals surface area (Å²) in [6, 6.07) is 7.62. The lowest BCUT2D eigenvalue weighted by Gasteiger charge is -2.45. The Morgan fingerprint density at radius 3 is 2.59 bits per heavy atom. The zero-order chi connectivity index (χ0) is 22.6. The van der Waals surface area contributed by atoms with Gasteiger partial charge in [-0.1, -0.05) is 32.0 Å². The van der Waals surface area contributed by atoms with Crippen molar-refractivity contribution in [3.8, 4) is 0 Å². The quantitative estimate of drug-likeness (QED) is 0.778. The fourth-order valence-corrected chi connectivity index (χ4v) is 5.24. The van der Waals surface area contributed by atoms with Gasteiger partial charge in [-0.3, -0.25) is 9.59 Å². The summed E-state index contributed by atoms with van der Waals surface area (Å²) >= 11 is 0. The molecule has 1 spiro atoms. The molecule has 0 saturated carbocycles. The van der Waals surface area contributed by atoms with E-state index < -0.39 is 11.5 Å². The summed E-state index contributed by atoms with van der Waals surface area (Å²) in [4.78, 5) is 45.5. The van der Waals surface area contributed by atoms with Crippen LogP contribution in [-0.4, -0.2) is 50.4 Å². The highest BCUT2D eigenvalue weighted by Gasteiger charge is 2.59. The largest absolute Gasteiger partial charge is 0.465 e. The number of hydrogen-bond donors (Lipinski definition) is 1. The number of fused-ring (bicyclic) bond motifs is 3. The normalized spacial score (nSPS) is 18.7. The first-order valence-corrected chi connectivity index (χ1v) is 11.3. The van der Waals surface area contributed by atoms with Crippen LogP contribution in [-0.2, 0) is 40.9 Å². The second kappa shape index (κ2) is 7.46. The van der Waals surface area contributed by atoms with Crippen molar-refractivity contribution in [1.29, 1.82) is 0 Å². The number of carboxylic acid groups (broad SMARTS) is 1. The third-order valence-electron chi connectivity index (χ3n) is 7.13. The third-order valence-corrected chi connectivity index (χ3v) is 7.13. The molecule has 8 heteroatoms. The standard InChI is InChI=1S/C24H28N4O4/c1-15(2)20(29)11-27-19-10-6-4-8-17(19)25-21(27)12-28-18-9-5-3-7-16(18)24(22(28)30)13-26(14-24)23(31)32/h3,5,7,9,15H,4,6,8,10-14H2,1-2H3,(H,31,32). The number of rotatable bonds is 5. The lowest BCUT2D eigenvalue weighted by molar-refractivity contribution is -0.128. The minimum Gasteiger partial charge on any atom is -0.465 e. The van der Waals surface area contributed by atoms with Gasteiger partial charge >= 0.3 is 6.09 Å². The minimum absolute atomic E-state index is 0.0705. The molecule has 1 N–H and O–H groups in total. The van der Waals surface area contributed by atoms with Gasteiger partial charge in [-0.05, 0) is 37.3 Å². The lowest BCUT2D eigenvalue weighted by Crippen LogP contribution is -2.65. The van der Waals surface area contributed by atoms with Crippen LogP contribution in [0, 0.1) is 5.92 Å². The predicted molar refractivity (Wildman–Crippen MR) is 118 cm³/mol. The predicted octanol–water partition coefficient (Wildman–Crippen LogP) is 2.77. The van der Waals surface area contributed by atoms with Gasteiger partial charge in [0.1, 0.15) is 11.2 Å². The highest BCUT2D eigenvalue weighted by atomic mass is 16.4. The van der Waals surface area contributed by atoms with Gasteiger partial charge in [-0.25, -0.2) is 9.78 Å². The van der Waals surface area contributed by atoms with Gasteiger partial charge in [0.05, 0.1) is 18.8 Å². The Morgan fingerprint density at radius 2 is 1.88 bits per heavy atom. The summed E-state index contributed by atoms with van der Waals surface area (Å²) in [5, 5.41) is 9.33. The number of carbonyl (C=O) groups is 3. The van der Waals surface area contributed by atoms with Crippen molar-refractivity contribution >= 4 is 23.5 Å². The Labute approximate surface area is 186 Å². The topological polar surface area (TPSA) is 95.7 Å². The molecule has 1 saturated heterocycles. The Bertz CT molecular complexity index is 1110. The Morgan fingerprint density at radius 1 is 1.16 bits per heavy atom. The molecule has 2 aliphatic heterocycles. The summed E-state index contributed by atoms with van der Waals surface area (Å²) in [5.41, 5.74) is 3.03. The SMILES string of the molecule is CC(C)C(=O)Cn1c(CN2C(=O)C3(CN(C(=O)O)C3)c3ccccc32)nc2c1CCCC2. The van der Waals surface area contributed by atoms with Gasteiger partial charge in [0, 0.05) is 30.4 Å². The van der Waals surface area contributed by atoms with Crippen LogP contribution < -0.4 is 4.90 Å². The minimum atomic E-state index is -1.00. The van der Waals surface area contributed by atoms with Gasteiger partial charge in [0.25, 0.3) is 0 Å². The van der Waals surface area contributed by atoms with Crippen molar-refractivity contribution in [2.75, 3.05) is 18.0 Å². The first kappa shape index (κ1) is 20.7. The molecule has 2 aromatic rings. The van der Waals surface area contributed by atoms with Gasteiger partial charge in [0.2, 0.25) is 5.91 Å². The van der Waals surface area contributed by atoms with E-state index in [0.717, 1.165) is 54.1 Å². The Kier molecular flexibility index (Phi) is 4.83. The van der Waals surface area contributed by atoms with Crippen LogP contribution in [0.3, 0.4) is 0 Å². The maximum absolute atomic E-state index is 13.6. The van der Waals surface area contributed by atoms with Crippen molar-refractivity contribution in [3.05, 3.63) is 47.0 Å².